The van der Waals surface area contributed by atoms with Crippen LogP contribution >= 0.6 is 0 Å². The molecule has 0 aliphatic rings. The van der Waals surface area contributed by atoms with Crippen LogP contribution in [0.15, 0.2) is 24.3 Å². The van der Waals surface area contributed by atoms with Gasteiger partial charge in [-0.3, -0.25) is 9.89 Å². The molecule has 0 unspecified atom stereocenters. The Morgan fingerprint density at radius 2 is 2.16 bits per heavy atom. The number of rotatable bonds is 6. The SMILES string of the molecule is CCCCN(CCO)C(=O)c1n[nH]c2ccccc12. The van der Waals surface area contributed by atoms with Gasteiger partial charge in [-0.05, 0) is 12.5 Å². The van der Waals surface area contributed by atoms with Crippen LogP contribution in [0.1, 0.15) is 30.3 Å². The van der Waals surface area contributed by atoms with Crippen LogP contribution < -0.4 is 0 Å². The van der Waals surface area contributed by atoms with E-state index < -0.39 is 0 Å². The van der Waals surface area contributed by atoms with Gasteiger partial charge in [0, 0.05) is 18.5 Å². The first-order chi connectivity index (χ1) is 9.27. The summed E-state index contributed by atoms with van der Waals surface area (Å²) in [6.45, 7) is 3.04. The first-order valence-corrected chi connectivity index (χ1v) is 6.61. The lowest BCUT2D eigenvalue weighted by atomic mass is 10.2. The molecule has 19 heavy (non-hydrogen) atoms. The summed E-state index contributed by atoms with van der Waals surface area (Å²) in [5.74, 6) is -0.125. The van der Waals surface area contributed by atoms with E-state index in [-0.39, 0.29) is 12.5 Å². The molecule has 0 aliphatic heterocycles. The predicted octanol–water partition coefficient (Wildman–Crippen LogP) is 1.80. The molecule has 1 heterocycles. The Hall–Kier alpha value is -1.88. The number of amides is 1. The Morgan fingerprint density at radius 1 is 1.37 bits per heavy atom. The maximum absolute atomic E-state index is 12.4. The zero-order valence-electron chi connectivity index (χ0n) is 11.1. The summed E-state index contributed by atoms with van der Waals surface area (Å²) in [6, 6.07) is 7.55. The third-order valence-corrected chi connectivity index (χ3v) is 3.11. The van der Waals surface area contributed by atoms with Crippen molar-refractivity contribution in [1.29, 1.82) is 0 Å². The van der Waals surface area contributed by atoms with E-state index in [9.17, 15) is 4.79 Å². The lowest BCUT2D eigenvalue weighted by Gasteiger charge is -2.20. The summed E-state index contributed by atoms with van der Waals surface area (Å²) in [6.07, 6.45) is 1.94. The summed E-state index contributed by atoms with van der Waals surface area (Å²) < 4.78 is 0. The molecule has 1 aromatic heterocycles. The second-order valence-electron chi connectivity index (χ2n) is 4.49. The van der Waals surface area contributed by atoms with E-state index >= 15 is 0 Å². The van der Waals surface area contributed by atoms with Gasteiger partial charge in [0.15, 0.2) is 5.69 Å². The van der Waals surface area contributed by atoms with Gasteiger partial charge in [0.2, 0.25) is 0 Å². The van der Waals surface area contributed by atoms with E-state index in [2.05, 4.69) is 17.1 Å². The number of benzene rings is 1. The summed E-state index contributed by atoms with van der Waals surface area (Å²) in [4.78, 5) is 14.1. The van der Waals surface area contributed by atoms with Crippen LogP contribution in [0, 0.1) is 0 Å². The van der Waals surface area contributed by atoms with Crippen LogP contribution in [-0.2, 0) is 0 Å². The van der Waals surface area contributed by atoms with E-state index in [1.807, 2.05) is 24.3 Å². The number of hydrogen-bond acceptors (Lipinski definition) is 3. The van der Waals surface area contributed by atoms with Crippen LogP contribution in [0.25, 0.3) is 10.9 Å². The fourth-order valence-corrected chi connectivity index (χ4v) is 2.06. The summed E-state index contributed by atoms with van der Waals surface area (Å²) in [7, 11) is 0. The van der Waals surface area contributed by atoms with Crippen molar-refractivity contribution in [3.05, 3.63) is 30.0 Å². The van der Waals surface area contributed by atoms with E-state index in [4.69, 9.17) is 5.11 Å². The topological polar surface area (TPSA) is 69.2 Å². The van der Waals surface area contributed by atoms with E-state index in [0.29, 0.717) is 18.8 Å². The highest BCUT2D eigenvalue weighted by Crippen LogP contribution is 2.17. The number of carbonyl (C=O) groups is 1. The summed E-state index contributed by atoms with van der Waals surface area (Å²) in [5.41, 5.74) is 1.28. The molecule has 0 radical (unpaired) electrons. The van der Waals surface area contributed by atoms with Crippen molar-refractivity contribution in [3.63, 3.8) is 0 Å². The number of unbranched alkanes of at least 4 members (excludes halogenated alkanes) is 1. The van der Waals surface area contributed by atoms with Gasteiger partial charge in [-0.2, -0.15) is 5.10 Å². The lowest BCUT2D eigenvalue weighted by molar-refractivity contribution is 0.0715. The average molecular weight is 261 g/mol. The minimum atomic E-state index is -0.125. The van der Waals surface area contributed by atoms with Crippen molar-refractivity contribution in [3.8, 4) is 0 Å². The monoisotopic (exact) mass is 261 g/mol. The second kappa shape index (κ2) is 6.33. The first kappa shape index (κ1) is 13.5. The molecule has 0 bridgehead atoms. The van der Waals surface area contributed by atoms with Crippen LogP contribution in [0.4, 0.5) is 0 Å². The zero-order chi connectivity index (χ0) is 13.7. The fraction of sp³-hybridized carbons (Fsp3) is 0.429. The fourth-order valence-electron chi connectivity index (χ4n) is 2.06. The first-order valence-electron chi connectivity index (χ1n) is 6.61. The Bertz CT molecular complexity index is 550. The molecule has 0 saturated heterocycles. The number of fused-ring (bicyclic) bond motifs is 1. The van der Waals surface area contributed by atoms with E-state index in [1.165, 1.54) is 0 Å². The van der Waals surface area contributed by atoms with Crippen LogP contribution in [0.2, 0.25) is 0 Å². The second-order valence-corrected chi connectivity index (χ2v) is 4.49. The largest absolute Gasteiger partial charge is 0.395 e. The Morgan fingerprint density at radius 3 is 2.89 bits per heavy atom. The normalized spacial score (nSPS) is 10.8. The molecule has 2 aromatic rings. The van der Waals surface area contributed by atoms with Gasteiger partial charge >= 0.3 is 0 Å². The van der Waals surface area contributed by atoms with Gasteiger partial charge in [-0.1, -0.05) is 31.5 Å². The lowest BCUT2D eigenvalue weighted by Crippen LogP contribution is -2.34. The van der Waals surface area contributed by atoms with Crippen molar-refractivity contribution in [1.82, 2.24) is 15.1 Å². The van der Waals surface area contributed by atoms with Crippen molar-refractivity contribution in [2.24, 2.45) is 0 Å². The predicted molar refractivity (Wildman–Crippen MR) is 74.0 cm³/mol. The molecule has 2 rings (SSSR count). The number of nitrogens with one attached hydrogen (secondary N) is 1. The van der Waals surface area contributed by atoms with Crippen molar-refractivity contribution < 1.29 is 9.90 Å². The third-order valence-electron chi connectivity index (χ3n) is 3.11. The van der Waals surface area contributed by atoms with E-state index in [0.717, 1.165) is 23.7 Å². The maximum Gasteiger partial charge on any atom is 0.275 e. The number of hydrogen-bond donors (Lipinski definition) is 2. The highest BCUT2D eigenvalue weighted by Gasteiger charge is 2.19. The smallest absolute Gasteiger partial charge is 0.275 e. The molecular weight excluding hydrogens is 242 g/mol. The third kappa shape index (κ3) is 2.93. The minimum Gasteiger partial charge on any atom is -0.395 e. The number of para-hydroxylation sites is 1. The van der Waals surface area contributed by atoms with Gasteiger partial charge in [0.1, 0.15) is 0 Å². The number of H-pyrrole nitrogens is 1. The highest BCUT2D eigenvalue weighted by atomic mass is 16.3. The molecule has 0 atom stereocenters. The van der Waals surface area contributed by atoms with Crippen molar-refractivity contribution in [2.45, 2.75) is 19.8 Å². The van der Waals surface area contributed by atoms with Gasteiger partial charge in [0.05, 0.1) is 12.1 Å². The average Bonchev–Trinajstić information content (AvgIpc) is 2.86. The van der Waals surface area contributed by atoms with Crippen LogP contribution in [-0.4, -0.2) is 45.8 Å². The van der Waals surface area contributed by atoms with Crippen molar-refractivity contribution >= 4 is 16.8 Å². The molecule has 5 nitrogen and oxygen atoms in total. The molecule has 0 spiro atoms. The van der Waals surface area contributed by atoms with E-state index in [1.54, 1.807) is 4.90 Å². The Balaban J connectivity index is 2.25. The number of carbonyl (C=O) groups excluding carboxylic acids is 1. The number of nitrogens with zero attached hydrogens (tertiary/aromatic N) is 2. The Labute approximate surface area is 112 Å². The molecule has 0 aliphatic carbocycles. The standard InChI is InChI=1S/C14H19N3O2/c1-2-3-8-17(9-10-18)14(19)13-11-6-4-5-7-12(11)15-16-13/h4-7,18H,2-3,8-10H2,1H3,(H,15,16). The summed E-state index contributed by atoms with van der Waals surface area (Å²) in [5, 5.41) is 16.9. The zero-order valence-corrected chi connectivity index (χ0v) is 11.1. The Kier molecular flexibility index (Phi) is 4.52. The van der Waals surface area contributed by atoms with Crippen LogP contribution in [0.5, 0.6) is 0 Å². The van der Waals surface area contributed by atoms with Crippen molar-refractivity contribution in [2.75, 3.05) is 19.7 Å². The molecule has 102 valence electrons. The molecule has 1 amide bonds. The molecule has 0 saturated carbocycles. The molecule has 2 N–H and O–H groups in total. The summed E-state index contributed by atoms with van der Waals surface area (Å²) >= 11 is 0. The number of aromatic amines is 1. The highest BCUT2D eigenvalue weighted by molar-refractivity contribution is 6.04. The molecular formula is C14H19N3O2. The van der Waals surface area contributed by atoms with Crippen LogP contribution in [0.3, 0.4) is 0 Å². The maximum atomic E-state index is 12.4. The molecule has 0 fully saturated rings. The molecule has 1 aromatic carbocycles. The number of aliphatic hydroxyl groups excluding tert-OH is 1. The van der Waals surface area contributed by atoms with Gasteiger partial charge in [0.25, 0.3) is 5.91 Å². The quantitative estimate of drug-likeness (QED) is 0.833. The number of aliphatic hydroxyl groups is 1. The van der Waals surface area contributed by atoms with Gasteiger partial charge in [-0.25, -0.2) is 0 Å². The van der Waals surface area contributed by atoms with Gasteiger partial charge < -0.3 is 10.0 Å². The number of aromatic nitrogens is 2. The van der Waals surface area contributed by atoms with Gasteiger partial charge in [-0.15, -0.1) is 0 Å². The molecule has 5 heteroatoms. The minimum absolute atomic E-state index is 0.0300.